The number of carboxylic acid groups (broad SMARTS) is 1. The number of rotatable bonds is 2. The monoisotopic (exact) mass is 252 g/mol. The fourth-order valence-electron chi connectivity index (χ4n) is 1.76. The molecule has 2 N–H and O–H groups in total. The number of hydrogen-bond donors (Lipinski definition) is 2. The first-order chi connectivity index (χ1) is 8.47. The predicted molar refractivity (Wildman–Crippen MR) is 62.9 cm³/mol. The van der Waals surface area contributed by atoms with Crippen LogP contribution in [0.3, 0.4) is 0 Å². The normalized spacial score (nSPS) is 15.1. The topological polar surface area (TPSA) is 69.6 Å². The number of carboxylic acids is 1. The zero-order chi connectivity index (χ0) is 13.3. The molecule has 1 aromatic carbocycles. The maximum atomic E-state index is 12.9. The van der Waals surface area contributed by atoms with Gasteiger partial charge in [0.05, 0.1) is 5.92 Å². The van der Waals surface area contributed by atoms with Gasteiger partial charge in [-0.25, -0.2) is 9.18 Å². The van der Waals surface area contributed by atoms with Gasteiger partial charge in [0.25, 0.3) is 0 Å². The van der Waals surface area contributed by atoms with Crippen molar-refractivity contribution in [1.82, 2.24) is 4.90 Å². The minimum atomic E-state index is -0.892. The van der Waals surface area contributed by atoms with Gasteiger partial charge in [0, 0.05) is 18.8 Å². The Labute approximate surface area is 103 Å². The molecule has 1 aromatic rings. The number of aryl methyl sites for hydroxylation is 1. The van der Waals surface area contributed by atoms with Crippen molar-refractivity contribution in [2.75, 3.05) is 18.4 Å². The third kappa shape index (κ3) is 2.42. The van der Waals surface area contributed by atoms with Crippen LogP contribution in [0.1, 0.15) is 5.56 Å². The van der Waals surface area contributed by atoms with Gasteiger partial charge in [0.1, 0.15) is 5.82 Å². The van der Waals surface area contributed by atoms with Crippen LogP contribution < -0.4 is 5.32 Å². The van der Waals surface area contributed by atoms with Crippen LogP contribution in [0.4, 0.5) is 14.9 Å². The molecular weight excluding hydrogens is 239 g/mol. The standard InChI is InChI=1S/C12H13FN2O3/c1-7-4-9(13)2-3-10(7)14-12(18)15-5-8(6-15)11(16)17/h2-4,8H,5-6H2,1H3,(H,14,18)(H,16,17). The lowest BCUT2D eigenvalue weighted by molar-refractivity contribution is -0.145. The van der Waals surface area contributed by atoms with Crippen molar-refractivity contribution in [3.8, 4) is 0 Å². The molecule has 0 bridgehead atoms. The van der Waals surface area contributed by atoms with Crippen molar-refractivity contribution in [3.63, 3.8) is 0 Å². The van der Waals surface area contributed by atoms with E-state index in [1.165, 1.54) is 23.1 Å². The number of likely N-dealkylation sites (tertiary alicyclic amines) is 1. The quantitative estimate of drug-likeness (QED) is 0.841. The van der Waals surface area contributed by atoms with Crippen LogP contribution in [0, 0.1) is 18.7 Å². The van der Waals surface area contributed by atoms with Gasteiger partial charge in [0.15, 0.2) is 0 Å². The van der Waals surface area contributed by atoms with Crippen LogP contribution in [-0.4, -0.2) is 35.1 Å². The van der Waals surface area contributed by atoms with E-state index in [2.05, 4.69) is 5.32 Å². The molecule has 1 heterocycles. The molecule has 1 saturated heterocycles. The maximum absolute atomic E-state index is 12.9. The summed E-state index contributed by atoms with van der Waals surface area (Å²) in [6, 6.07) is 3.71. The predicted octanol–water partition coefficient (Wildman–Crippen LogP) is 1.68. The Balaban J connectivity index is 1.94. The summed E-state index contributed by atoms with van der Waals surface area (Å²) >= 11 is 0. The highest BCUT2D eigenvalue weighted by Gasteiger charge is 2.35. The van der Waals surface area contributed by atoms with E-state index in [-0.39, 0.29) is 24.9 Å². The van der Waals surface area contributed by atoms with Gasteiger partial charge in [-0.2, -0.15) is 0 Å². The number of carbonyl (C=O) groups is 2. The van der Waals surface area contributed by atoms with Crippen LogP contribution in [0.2, 0.25) is 0 Å². The summed E-state index contributed by atoms with van der Waals surface area (Å²) in [5.74, 6) is -1.73. The smallest absolute Gasteiger partial charge is 0.321 e. The summed E-state index contributed by atoms with van der Waals surface area (Å²) in [5, 5.41) is 11.3. The number of carbonyl (C=O) groups excluding carboxylic acids is 1. The average Bonchev–Trinajstić information content (AvgIpc) is 2.19. The van der Waals surface area contributed by atoms with E-state index in [9.17, 15) is 14.0 Å². The van der Waals surface area contributed by atoms with Crippen molar-refractivity contribution < 1.29 is 19.1 Å². The Hall–Kier alpha value is -2.11. The number of benzene rings is 1. The van der Waals surface area contributed by atoms with E-state index in [1.54, 1.807) is 6.92 Å². The molecule has 2 rings (SSSR count). The van der Waals surface area contributed by atoms with Gasteiger partial charge in [-0.1, -0.05) is 0 Å². The van der Waals surface area contributed by atoms with Gasteiger partial charge in [-0.15, -0.1) is 0 Å². The molecule has 1 fully saturated rings. The van der Waals surface area contributed by atoms with E-state index >= 15 is 0 Å². The van der Waals surface area contributed by atoms with Gasteiger partial charge in [0.2, 0.25) is 0 Å². The van der Waals surface area contributed by atoms with Gasteiger partial charge < -0.3 is 15.3 Å². The summed E-state index contributed by atoms with van der Waals surface area (Å²) in [6.07, 6.45) is 0. The number of anilines is 1. The van der Waals surface area contributed by atoms with Crippen LogP contribution in [0.15, 0.2) is 18.2 Å². The van der Waals surface area contributed by atoms with E-state index in [0.717, 1.165) is 0 Å². The van der Waals surface area contributed by atoms with Crippen LogP contribution in [0.25, 0.3) is 0 Å². The molecule has 0 aromatic heterocycles. The summed E-state index contributed by atoms with van der Waals surface area (Å²) in [5.41, 5.74) is 1.15. The molecular formula is C12H13FN2O3. The van der Waals surface area contributed by atoms with Crippen LogP contribution in [0.5, 0.6) is 0 Å². The summed E-state index contributed by atoms with van der Waals surface area (Å²) in [7, 11) is 0. The second-order valence-corrected chi connectivity index (χ2v) is 4.33. The first-order valence-corrected chi connectivity index (χ1v) is 5.52. The Morgan fingerprint density at radius 2 is 2.11 bits per heavy atom. The third-order valence-electron chi connectivity index (χ3n) is 2.95. The molecule has 0 aliphatic carbocycles. The van der Waals surface area contributed by atoms with Crippen molar-refractivity contribution in [1.29, 1.82) is 0 Å². The number of nitrogens with zero attached hydrogens (tertiary/aromatic N) is 1. The molecule has 0 spiro atoms. The van der Waals surface area contributed by atoms with Crippen molar-refractivity contribution in [2.24, 2.45) is 5.92 Å². The number of nitrogens with one attached hydrogen (secondary N) is 1. The number of halogens is 1. The number of urea groups is 1. The van der Waals surface area contributed by atoms with Crippen LogP contribution in [-0.2, 0) is 4.79 Å². The Bertz CT molecular complexity index is 498. The molecule has 5 nitrogen and oxygen atoms in total. The van der Waals surface area contributed by atoms with Gasteiger partial charge >= 0.3 is 12.0 Å². The average molecular weight is 252 g/mol. The number of aliphatic carboxylic acids is 1. The minimum Gasteiger partial charge on any atom is -0.481 e. The summed E-state index contributed by atoms with van der Waals surface area (Å²) in [4.78, 5) is 23.7. The lowest BCUT2D eigenvalue weighted by Gasteiger charge is -2.36. The first kappa shape index (κ1) is 12.3. The highest BCUT2D eigenvalue weighted by atomic mass is 19.1. The van der Waals surface area contributed by atoms with E-state index < -0.39 is 11.9 Å². The Kier molecular flexibility index (Phi) is 3.18. The van der Waals surface area contributed by atoms with Gasteiger partial charge in [-0.3, -0.25) is 4.79 Å². The SMILES string of the molecule is Cc1cc(F)ccc1NC(=O)N1CC(C(=O)O)C1. The lowest BCUT2D eigenvalue weighted by Crippen LogP contribution is -2.54. The minimum absolute atomic E-state index is 0.210. The third-order valence-corrected chi connectivity index (χ3v) is 2.95. The Morgan fingerprint density at radius 3 is 2.67 bits per heavy atom. The van der Waals surface area contributed by atoms with Crippen molar-refractivity contribution in [3.05, 3.63) is 29.6 Å². The Morgan fingerprint density at radius 1 is 1.44 bits per heavy atom. The second kappa shape index (κ2) is 4.64. The molecule has 0 unspecified atom stereocenters. The molecule has 1 aliphatic heterocycles. The molecule has 0 atom stereocenters. The van der Waals surface area contributed by atoms with Gasteiger partial charge in [-0.05, 0) is 30.7 Å². The number of amides is 2. The zero-order valence-corrected chi connectivity index (χ0v) is 9.81. The fraction of sp³-hybridized carbons (Fsp3) is 0.333. The summed E-state index contributed by atoms with van der Waals surface area (Å²) in [6.45, 7) is 2.11. The van der Waals surface area contributed by atoms with Crippen molar-refractivity contribution >= 4 is 17.7 Å². The highest BCUT2D eigenvalue weighted by Crippen LogP contribution is 2.20. The highest BCUT2D eigenvalue weighted by molar-refractivity contribution is 5.91. The molecule has 2 amide bonds. The second-order valence-electron chi connectivity index (χ2n) is 4.33. The molecule has 6 heteroatoms. The zero-order valence-electron chi connectivity index (χ0n) is 9.81. The molecule has 0 radical (unpaired) electrons. The molecule has 0 saturated carbocycles. The molecule has 96 valence electrons. The largest absolute Gasteiger partial charge is 0.481 e. The molecule has 18 heavy (non-hydrogen) atoms. The molecule has 1 aliphatic rings. The van der Waals surface area contributed by atoms with Crippen molar-refractivity contribution in [2.45, 2.75) is 6.92 Å². The maximum Gasteiger partial charge on any atom is 0.321 e. The van der Waals surface area contributed by atoms with E-state index in [1.807, 2.05) is 0 Å². The summed E-state index contributed by atoms with van der Waals surface area (Å²) < 4.78 is 12.9. The lowest BCUT2D eigenvalue weighted by atomic mass is 10.0. The number of hydrogen-bond acceptors (Lipinski definition) is 2. The first-order valence-electron chi connectivity index (χ1n) is 5.52. The van der Waals surface area contributed by atoms with E-state index in [4.69, 9.17) is 5.11 Å². The van der Waals surface area contributed by atoms with Crippen LogP contribution >= 0.6 is 0 Å². The van der Waals surface area contributed by atoms with E-state index in [0.29, 0.717) is 11.3 Å². The fourth-order valence-corrected chi connectivity index (χ4v) is 1.76.